The number of oxime groups is 1. The summed E-state index contributed by atoms with van der Waals surface area (Å²) < 4.78 is 59.0. The Labute approximate surface area is 154 Å². The van der Waals surface area contributed by atoms with Crippen molar-refractivity contribution in [1.82, 2.24) is 15.0 Å². The van der Waals surface area contributed by atoms with Gasteiger partial charge >= 0.3 is 6.18 Å². The molecule has 0 aliphatic rings. The highest BCUT2D eigenvalue weighted by atomic mass is 35.5. The predicted molar refractivity (Wildman–Crippen MR) is 89.0 cm³/mol. The highest BCUT2D eigenvalue weighted by Gasteiger charge is 2.32. The average molecular weight is 403 g/mol. The van der Waals surface area contributed by atoms with Gasteiger partial charge in [0.25, 0.3) is 0 Å². The molecule has 1 heterocycles. The van der Waals surface area contributed by atoms with Gasteiger partial charge in [0.1, 0.15) is 11.3 Å². The second kappa shape index (κ2) is 7.03. The molecule has 2 aromatic carbocycles. The number of benzene rings is 2. The van der Waals surface area contributed by atoms with Gasteiger partial charge in [0, 0.05) is 6.07 Å². The largest absolute Gasteiger partial charge is 0.453 e. The fraction of sp³-hybridized carbons (Fsp3) is 0.188. The summed E-state index contributed by atoms with van der Waals surface area (Å²) in [6.07, 6.45) is -3.52. The number of alkyl halides is 3. The first-order valence-electron chi connectivity index (χ1n) is 7.47. The van der Waals surface area contributed by atoms with Crippen molar-refractivity contribution in [1.29, 1.82) is 0 Å². The molecule has 0 aliphatic carbocycles. The minimum atomic E-state index is -4.73. The summed E-state index contributed by atoms with van der Waals surface area (Å²) in [5.74, 6) is -1.67. The number of hydrogen-bond acceptors (Lipinski definition) is 5. The summed E-state index contributed by atoms with van der Waals surface area (Å²) >= 11 is 5.77. The molecule has 0 amide bonds. The topological polar surface area (TPSA) is 72.5 Å². The number of ether oxygens (including phenoxy) is 1. The molecule has 0 aliphatic heterocycles. The Bertz CT molecular complexity index is 996. The first-order chi connectivity index (χ1) is 12.7. The van der Waals surface area contributed by atoms with E-state index in [-0.39, 0.29) is 5.75 Å². The molecular formula is C16H11ClF4N4O2. The van der Waals surface area contributed by atoms with Crippen LogP contribution in [-0.4, -0.2) is 26.4 Å². The van der Waals surface area contributed by atoms with E-state index in [0.29, 0.717) is 23.2 Å². The summed E-state index contributed by atoms with van der Waals surface area (Å²) in [5.41, 5.74) is -0.255. The maximum atomic E-state index is 14.1. The van der Waals surface area contributed by atoms with Crippen LogP contribution in [0.4, 0.5) is 17.6 Å². The number of aromatic nitrogens is 3. The smallest absolute Gasteiger partial charge is 0.416 e. The monoisotopic (exact) mass is 402 g/mol. The van der Waals surface area contributed by atoms with Crippen molar-refractivity contribution < 1.29 is 27.5 Å². The molecule has 0 radical (unpaired) electrons. The van der Waals surface area contributed by atoms with Gasteiger partial charge in [-0.3, -0.25) is 0 Å². The predicted octanol–water partition coefficient (Wildman–Crippen LogP) is 5.06. The first kappa shape index (κ1) is 18.9. The van der Waals surface area contributed by atoms with Crippen molar-refractivity contribution in [2.75, 3.05) is 0 Å². The minimum absolute atomic E-state index is 0.111. The fourth-order valence-corrected chi connectivity index (χ4v) is 2.63. The molecule has 1 aromatic heterocycles. The van der Waals surface area contributed by atoms with Gasteiger partial charge in [-0.15, -0.1) is 5.10 Å². The lowest BCUT2D eigenvalue weighted by Crippen LogP contribution is -2.08. The highest BCUT2D eigenvalue weighted by molar-refractivity contribution is 6.32. The summed E-state index contributed by atoms with van der Waals surface area (Å²) in [7, 11) is 0. The second-order valence-electron chi connectivity index (χ2n) is 5.56. The van der Waals surface area contributed by atoms with Crippen molar-refractivity contribution in [3.63, 3.8) is 0 Å². The van der Waals surface area contributed by atoms with Gasteiger partial charge in [-0.1, -0.05) is 22.0 Å². The number of fused-ring (bicyclic) bond motifs is 1. The lowest BCUT2D eigenvalue weighted by Gasteiger charge is -2.13. The van der Waals surface area contributed by atoms with Crippen LogP contribution in [0.2, 0.25) is 5.02 Å². The lowest BCUT2D eigenvalue weighted by atomic mass is 10.2. The van der Waals surface area contributed by atoms with Crippen LogP contribution in [0.25, 0.3) is 11.0 Å². The first-order valence-corrected chi connectivity index (χ1v) is 7.85. The molecule has 0 spiro atoms. The Hall–Kier alpha value is -2.88. The molecule has 3 rings (SSSR count). The zero-order chi connectivity index (χ0) is 19.8. The normalized spacial score (nSPS) is 13.4. The Morgan fingerprint density at radius 3 is 2.67 bits per heavy atom. The Kier molecular flexibility index (Phi) is 4.92. The molecule has 3 aromatic rings. The van der Waals surface area contributed by atoms with E-state index >= 15 is 0 Å². The van der Waals surface area contributed by atoms with E-state index in [1.165, 1.54) is 29.1 Å². The molecule has 1 unspecified atom stereocenters. The zero-order valence-corrected chi connectivity index (χ0v) is 14.3. The van der Waals surface area contributed by atoms with Gasteiger partial charge in [0.2, 0.25) is 0 Å². The van der Waals surface area contributed by atoms with E-state index in [1.807, 2.05) is 0 Å². The number of rotatable bonds is 4. The minimum Gasteiger partial charge on any atom is -0.453 e. The molecule has 142 valence electrons. The maximum absolute atomic E-state index is 14.1. The third-order valence-electron chi connectivity index (χ3n) is 3.66. The van der Waals surface area contributed by atoms with E-state index in [1.54, 1.807) is 6.92 Å². The number of hydrogen-bond donors (Lipinski definition) is 1. The standard InChI is InChI=1S/C16H11ClF4N4O2/c1-8(7-22-26)25-14-6-10(2-3-13(14)23-24-25)27-15-11(17)4-9(5-12(15)18)16(19,20)21/h2-8,26H,1H3/b22-7-. The van der Waals surface area contributed by atoms with Gasteiger partial charge < -0.3 is 9.94 Å². The second-order valence-corrected chi connectivity index (χ2v) is 5.97. The molecule has 0 saturated carbocycles. The van der Waals surface area contributed by atoms with Crippen molar-refractivity contribution in [3.05, 3.63) is 46.7 Å². The van der Waals surface area contributed by atoms with Crippen molar-refractivity contribution in [2.24, 2.45) is 5.16 Å². The zero-order valence-electron chi connectivity index (χ0n) is 13.6. The van der Waals surface area contributed by atoms with Crippen LogP contribution in [0.1, 0.15) is 18.5 Å². The molecule has 11 heteroatoms. The average Bonchev–Trinajstić information content (AvgIpc) is 3.00. The molecular weight excluding hydrogens is 392 g/mol. The van der Waals surface area contributed by atoms with Gasteiger partial charge in [0.05, 0.1) is 28.4 Å². The van der Waals surface area contributed by atoms with Crippen LogP contribution in [-0.2, 0) is 6.18 Å². The molecule has 1 atom stereocenters. The summed E-state index contributed by atoms with van der Waals surface area (Å²) in [6, 6.07) is 4.90. The van der Waals surface area contributed by atoms with Crippen LogP contribution in [0.5, 0.6) is 11.5 Å². The third-order valence-corrected chi connectivity index (χ3v) is 3.94. The van der Waals surface area contributed by atoms with Crippen LogP contribution in [0.3, 0.4) is 0 Å². The molecule has 1 N–H and O–H groups in total. The van der Waals surface area contributed by atoms with Crippen molar-refractivity contribution >= 4 is 28.8 Å². The lowest BCUT2D eigenvalue weighted by molar-refractivity contribution is -0.137. The van der Waals surface area contributed by atoms with E-state index in [2.05, 4.69) is 15.5 Å². The van der Waals surface area contributed by atoms with E-state index in [4.69, 9.17) is 21.5 Å². The maximum Gasteiger partial charge on any atom is 0.416 e. The van der Waals surface area contributed by atoms with Gasteiger partial charge in [-0.05, 0) is 31.2 Å². The quantitative estimate of drug-likeness (QED) is 0.287. The van der Waals surface area contributed by atoms with Crippen LogP contribution >= 0.6 is 11.6 Å². The van der Waals surface area contributed by atoms with Crippen LogP contribution in [0, 0.1) is 5.82 Å². The van der Waals surface area contributed by atoms with Crippen molar-refractivity contribution in [3.8, 4) is 11.5 Å². The van der Waals surface area contributed by atoms with Crippen LogP contribution < -0.4 is 4.74 Å². The summed E-state index contributed by atoms with van der Waals surface area (Å²) in [6.45, 7) is 1.69. The third kappa shape index (κ3) is 3.80. The molecule has 0 saturated heterocycles. The summed E-state index contributed by atoms with van der Waals surface area (Å²) in [5, 5.41) is 18.9. The van der Waals surface area contributed by atoms with E-state index in [9.17, 15) is 17.6 Å². The molecule has 0 bridgehead atoms. The highest BCUT2D eigenvalue weighted by Crippen LogP contribution is 2.39. The Morgan fingerprint density at radius 1 is 1.30 bits per heavy atom. The van der Waals surface area contributed by atoms with E-state index < -0.39 is 34.4 Å². The van der Waals surface area contributed by atoms with E-state index in [0.717, 1.165) is 0 Å². The van der Waals surface area contributed by atoms with Gasteiger partial charge in [-0.2, -0.15) is 13.2 Å². The van der Waals surface area contributed by atoms with Crippen LogP contribution in [0.15, 0.2) is 35.5 Å². The van der Waals surface area contributed by atoms with Crippen molar-refractivity contribution in [2.45, 2.75) is 19.1 Å². The number of halogens is 5. The molecule has 0 fully saturated rings. The Morgan fingerprint density at radius 2 is 2.04 bits per heavy atom. The Balaban J connectivity index is 1.99. The molecule has 6 nitrogen and oxygen atoms in total. The fourth-order valence-electron chi connectivity index (χ4n) is 2.38. The van der Waals surface area contributed by atoms with Gasteiger partial charge in [0.15, 0.2) is 11.6 Å². The molecule has 27 heavy (non-hydrogen) atoms. The summed E-state index contributed by atoms with van der Waals surface area (Å²) in [4.78, 5) is 0. The number of nitrogens with zero attached hydrogens (tertiary/aromatic N) is 4. The SMILES string of the molecule is CC(/C=N\O)n1nnc2ccc(Oc3c(F)cc(C(F)(F)F)cc3Cl)cc21. The van der Waals surface area contributed by atoms with Gasteiger partial charge in [-0.25, -0.2) is 9.07 Å².